The summed E-state index contributed by atoms with van der Waals surface area (Å²) in [4.78, 5) is 15.8. The summed E-state index contributed by atoms with van der Waals surface area (Å²) in [7, 11) is 0. The summed E-state index contributed by atoms with van der Waals surface area (Å²) in [6.07, 6.45) is 4.42. The lowest BCUT2D eigenvalue weighted by Crippen LogP contribution is -2.36. The van der Waals surface area contributed by atoms with Gasteiger partial charge in [-0.15, -0.1) is 11.3 Å². The van der Waals surface area contributed by atoms with Crippen molar-refractivity contribution in [2.45, 2.75) is 12.8 Å². The van der Waals surface area contributed by atoms with Crippen molar-refractivity contribution < 1.29 is 4.74 Å². The number of morpholine rings is 1. The van der Waals surface area contributed by atoms with Crippen LogP contribution in [0.3, 0.4) is 0 Å². The van der Waals surface area contributed by atoms with Gasteiger partial charge in [-0.05, 0) is 38.1 Å². The van der Waals surface area contributed by atoms with Gasteiger partial charge in [-0.2, -0.15) is 5.10 Å². The Bertz CT molecular complexity index is 1320. The van der Waals surface area contributed by atoms with E-state index in [4.69, 9.17) is 14.7 Å². The molecule has 0 aliphatic carbocycles. The number of thiophene rings is 1. The van der Waals surface area contributed by atoms with E-state index in [1.807, 2.05) is 18.3 Å². The van der Waals surface area contributed by atoms with Crippen molar-refractivity contribution in [1.29, 1.82) is 0 Å². The number of likely N-dealkylation sites (tertiary alicyclic amines) is 1. The van der Waals surface area contributed by atoms with Gasteiger partial charge in [-0.1, -0.05) is 24.0 Å². The predicted octanol–water partition coefficient (Wildman–Crippen LogP) is 3.52. The van der Waals surface area contributed by atoms with E-state index in [0.717, 1.165) is 75.9 Å². The molecular formula is C24H24N6OS. The van der Waals surface area contributed by atoms with E-state index in [0.29, 0.717) is 13.2 Å². The third-order valence-corrected chi connectivity index (χ3v) is 7.14. The molecule has 1 N–H and O–H groups in total. The van der Waals surface area contributed by atoms with Crippen molar-refractivity contribution in [1.82, 2.24) is 25.1 Å². The lowest BCUT2D eigenvalue weighted by atomic mass is 10.1. The van der Waals surface area contributed by atoms with Gasteiger partial charge in [0, 0.05) is 24.0 Å². The van der Waals surface area contributed by atoms with Crippen LogP contribution >= 0.6 is 11.3 Å². The van der Waals surface area contributed by atoms with Crippen molar-refractivity contribution in [3.05, 3.63) is 35.3 Å². The highest BCUT2D eigenvalue weighted by molar-refractivity contribution is 7.20. The standard InChI is InChI=1S/C24H24N6OS/c1-2-9-29(8-1)10-4-5-17-15-21-22(32-17)24(30-11-13-31-14-12-30)27-23(26-21)18-6-3-7-20-19(18)16-25-28-20/h3,6-7,15-16H,1-2,8-14H2,(H,25,28). The Balaban J connectivity index is 1.43. The third kappa shape index (κ3) is 3.73. The topological polar surface area (TPSA) is 70.2 Å². The molecule has 0 atom stereocenters. The maximum atomic E-state index is 5.58. The maximum Gasteiger partial charge on any atom is 0.162 e. The van der Waals surface area contributed by atoms with E-state index in [1.165, 1.54) is 12.8 Å². The van der Waals surface area contributed by atoms with Crippen molar-refractivity contribution >= 4 is 38.3 Å². The molecule has 3 aromatic heterocycles. The summed E-state index contributed by atoms with van der Waals surface area (Å²) in [5.74, 6) is 8.44. The molecular weight excluding hydrogens is 420 g/mol. The number of aromatic amines is 1. The molecule has 5 heterocycles. The van der Waals surface area contributed by atoms with Crippen LogP contribution in [0, 0.1) is 11.8 Å². The number of hydrogen-bond acceptors (Lipinski definition) is 7. The largest absolute Gasteiger partial charge is 0.378 e. The zero-order chi connectivity index (χ0) is 21.3. The Hall–Kier alpha value is -2.99. The normalized spacial score (nSPS) is 17.2. The fourth-order valence-electron chi connectivity index (χ4n) is 4.43. The van der Waals surface area contributed by atoms with Gasteiger partial charge in [-0.25, -0.2) is 9.97 Å². The molecule has 0 amide bonds. The molecule has 0 radical (unpaired) electrons. The lowest BCUT2D eigenvalue weighted by molar-refractivity contribution is 0.122. The second-order valence-electron chi connectivity index (χ2n) is 8.22. The molecule has 0 unspecified atom stereocenters. The smallest absolute Gasteiger partial charge is 0.162 e. The van der Waals surface area contributed by atoms with Crippen LogP contribution in [-0.2, 0) is 4.74 Å². The van der Waals surface area contributed by atoms with Gasteiger partial charge in [0.15, 0.2) is 11.6 Å². The quantitative estimate of drug-likeness (QED) is 0.488. The first-order valence-electron chi connectivity index (χ1n) is 11.1. The zero-order valence-electron chi connectivity index (χ0n) is 17.8. The number of benzene rings is 1. The highest BCUT2D eigenvalue weighted by atomic mass is 32.1. The highest BCUT2D eigenvalue weighted by Gasteiger charge is 2.21. The van der Waals surface area contributed by atoms with Crippen LogP contribution in [0.25, 0.3) is 32.5 Å². The Labute approximate surface area is 190 Å². The minimum atomic E-state index is 0.714. The molecule has 1 aromatic carbocycles. The van der Waals surface area contributed by atoms with Crippen molar-refractivity contribution in [2.75, 3.05) is 50.8 Å². The fraction of sp³-hybridized carbons (Fsp3) is 0.375. The van der Waals surface area contributed by atoms with E-state index in [-0.39, 0.29) is 0 Å². The average molecular weight is 445 g/mol. The van der Waals surface area contributed by atoms with Gasteiger partial charge in [-0.3, -0.25) is 10.00 Å². The zero-order valence-corrected chi connectivity index (χ0v) is 18.6. The monoisotopic (exact) mass is 444 g/mol. The van der Waals surface area contributed by atoms with Crippen molar-refractivity contribution in [2.24, 2.45) is 0 Å². The summed E-state index contributed by atoms with van der Waals surface area (Å²) in [5.41, 5.74) is 2.92. The molecule has 32 heavy (non-hydrogen) atoms. The number of rotatable bonds is 3. The number of H-pyrrole nitrogens is 1. The summed E-state index contributed by atoms with van der Waals surface area (Å²) >= 11 is 1.69. The number of nitrogens with zero attached hydrogens (tertiary/aromatic N) is 5. The molecule has 7 nitrogen and oxygen atoms in total. The minimum Gasteiger partial charge on any atom is -0.378 e. The van der Waals surface area contributed by atoms with Crippen LogP contribution in [-0.4, -0.2) is 71.0 Å². The molecule has 0 spiro atoms. The van der Waals surface area contributed by atoms with E-state index in [1.54, 1.807) is 11.3 Å². The number of nitrogens with one attached hydrogen (secondary N) is 1. The molecule has 0 saturated carbocycles. The molecule has 2 saturated heterocycles. The van der Waals surface area contributed by atoms with E-state index in [2.05, 4.69) is 44.0 Å². The predicted molar refractivity (Wildman–Crippen MR) is 128 cm³/mol. The van der Waals surface area contributed by atoms with Crippen LogP contribution in [0.5, 0.6) is 0 Å². The Morgan fingerprint density at radius 2 is 1.97 bits per heavy atom. The third-order valence-electron chi connectivity index (χ3n) is 6.10. The van der Waals surface area contributed by atoms with Crippen LogP contribution in [0.2, 0.25) is 0 Å². The molecule has 2 fully saturated rings. The molecule has 6 rings (SSSR count). The summed E-state index contributed by atoms with van der Waals surface area (Å²) in [6, 6.07) is 8.21. The van der Waals surface area contributed by atoms with Gasteiger partial charge in [0.1, 0.15) is 0 Å². The summed E-state index contributed by atoms with van der Waals surface area (Å²) in [6.45, 7) is 6.25. The summed E-state index contributed by atoms with van der Waals surface area (Å²) in [5, 5.41) is 8.28. The first-order valence-corrected chi connectivity index (χ1v) is 11.9. The lowest BCUT2D eigenvalue weighted by Gasteiger charge is -2.28. The van der Waals surface area contributed by atoms with Gasteiger partial charge in [0.05, 0.1) is 46.6 Å². The SMILES string of the molecule is C(#Cc1cc2nc(-c3cccc4[nH]ncc34)nc(N3CCOCC3)c2s1)CN1CCCC1. The number of hydrogen-bond donors (Lipinski definition) is 1. The molecule has 2 aliphatic rings. The van der Waals surface area contributed by atoms with Crippen LogP contribution in [0.4, 0.5) is 5.82 Å². The van der Waals surface area contributed by atoms with Crippen molar-refractivity contribution in [3.63, 3.8) is 0 Å². The van der Waals surface area contributed by atoms with Crippen molar-refractivity contribution in [3.8, 4) is 23.2 Å². The number of aromatic nitrogens is 4. The molecule has 0 bridgehead atoms. The Kier molecular flexibility index (Phi) is 5.23. The first kappa shape index (κ1) is 19.7. The van der Waals surface area contributed by atoms with Crippen LogP contribution in [0.15, 0.2) is 30.5 Å². The van der Waals surface area contributed by atoms with Gasteiger partial charge in [0.25, 0.3) is 0 Å². The Morgan fingerprint density at radius 3 is 2.84 bits per heavy atom. The van der Waals surface area contributed by atoms with Gasteiger partial charge < -0.3 is 9.64 Å². The van der Waals surface area contributed by atoms with Gasteiger partial charge in [0.2, 0.25) is 0 Å². The van der Waals surface area contributed by atoms with E-state index in [9.17, 15) is 0 Å². The highest BCUT2D eigenvalue weighted by Crippen LogP contribution is 2.35. The maximum absolute atomic E-state index is 5.58. The second kappa shape index (κ2) is 8.51. The summed E-state index contributed by atoms with van der Waals surface area (Å²) < 4.78 is 6.68. The second-order valence-corrected chi connectivity index (χ2v) is 9.27. The van der Waals surface area contributed by atoms with E-state index < -0.39 is 0 Å². The van der Waals surface area contributed by atoms with Crippen LogP contribution < -0.4 is 4.90 Å². The van der Waals surface area contributed by atoms with Gasteiger partial charge >= 0.3 is 0 Å². The molecule has 2 aliphatic heterocycles. The number of fused-ring (bicyclic) bond motifs is 2. The molecule has 8 heteroatoms. The average Bonchev–Trinajstić information content (AvgIpc) is 3.59. The molecule has 4 aromatic rings. The number of ether oxygens (including phenoxy) is 1. The number of anilines is 1. The molecule has 162 valence electrons. The fourth-order valence-corrected chi connectivity index (χ4v) is 5.42. The van der Waals surface area contributed by atoms with Crippen LogP contribution in [0.1, 0.15) is 17.7 Å². The Morgan fingerprint density at radius 1 is 1.09 bits per heavy atom. The van der Waals surface area contributed by atoms with E-state index >= 15 is 0 Å². The minimum absolute atomic E-state index is 0.714. The first-order chi connectivity index (χ1) is 15.8.